The second-order valence-corrected chi connectivity index (χ2v) is 5.43. The van der Waals surface area contributed by atoms with Crippen molar-refractivity contribution < 1.29 is 19.8 Å². The average molecular weight is 272 g/mol. The summed E-state index contributed by atoms with van der Waals surface area (Å²) in [6, 6.07) is -0.351. The van der Waals surface area contributed by atoms with Crippen LogP contribution in [0.5, 0.6) is 0 Å². The quantitative estimate of drug-likeness (QED) is 0.755. The number of nitrogens with zero attached hydrogens (tertiary/aromatic N) is 2. The Labute approximate surface area is 114 Å². The lowest BCUT2D eigenvalue weighted by molar-refractivity contribution is -0.138. The van der Waals surface area contributed by atoms with Crippen molar-refractivity contribution in [2.24, 2.45) is 5.92 Å². The second kappa shape index (κ2) is 6.75. The molecule has 2 amide bonds. The van der Waals surface area contributed by atoms with Crippen molar-refractivity contribution in [3.63, 3.8) is 0 Å². The fraction of sp³-hybridized carbons (Fsp3) is 0.846. The van der Waals surface area contributed by atoms with Crippen molar-refractivity contribution in [2.45, 2.75) is 45.3 Å². The highest BCUT2D eigenvalue weighted by atomic mass is 16.4. The molecular formula is C13H24N2O4. The number of hydrogen-bond acceptors (Lipinski definition) is 3. The van der Waals surface area contributed by atoms with Crippen LogP contribution < -0.4 is 0 Å². The van der Waals surface area contributed by atoms with Crippen molar-refractivity contribution >= 4 is 12.0 Å². The zero-order valence-corrected chi connectivity index (χ0v) is 11.9. The lowest BCUT2D eigenvalue weighted by atomic mass is 9.82. The maximum absolute atomic E-state index is 12.3. The third kappa shape index (κ3) is 4.38. The van der Waals surface area contributed by atoms with Gasteiger partial charge in [-0.2, -0.15) is 0 Å². The SMILES string of the molecule is CCC(C)N(CC(=O)O)C(=O)N(C)CC1CC(O)C1. The van der Waals surface area contributed by atoms with Gasteiger partial charge in [0.2, 0.25) is 0 Å². The van der Waals surface area contributed by atoms with Crippen LogP contribution in [-0.2, 0) is 4.79 Å². The molecule has 0 heterocycles. The Morgan fingerprint density at radius 1 is 1.37 bits per heavy atom. The molecule has 1 fully saturated rings. The molecule has 19 heavy (non-hydrogen) atoms. The number of urea groups is 1. The van der Waals surface area contributed by atoms with E-state index in [2.05, 4.69) is 0 Å². The molecule has 110 valence electrons. The summed E-state index contributed by atoms with van der Waals surface area (Å²) < 4.78 is 0. The number of aliphatic hydroxyl groups is 1. The van der Waals surface area contributed by atoms with E-state index >= 15 is 0 Å². The maximum Gasteiger partial charge on any atom is 0.323 e. The Kier molecular flexibility index (Phi) is 5.60. The lowest BCUT2D eigenvalue weighted by Crippen LogP contribution is -2.50. The van der Waals surface area contributed by atoms with Gasteiger partial charge >= 0.3 is 12.0 Å². The molecule has 1 unspecified atom stereocenters. The minimum Gasteiger partial charge on any atom is -0.480 e. The fourth-order valence-electron chi connectivity index (χ4n) is 2.31. The molecule has 2 N–H and O–H groups in total. The minimum atomic E-state index is -0.999. The van der Waals surface area contributed by atoms with Crippen molar-refractivity contribution in [3.05, 3.63) is 0 Å². The smallest absolute Gasteiger partial charge is 0.323 e. The first-order valence-corrected chi connectivity index (χ1v) is 6.76. The molecule has 6 nitrogen and oxygen atoms in total. The van der Waals surface area contributed by atoms with Crippen LogP contribution >= 0.6 is 0 Å². The summed E-state index contributed by atoms with van der Waals surface area (Å²) in [7, 11) is 1.68. The first-order valence-electron chi connectivity index (χ1n) is 6.76. The average Bonchev–Trinajstić information content (AvgIpc) is 2.31. The molecule has 0 aromatic heterocycles. The topological polar surface area (TPSA) is 81.1 Å². The molecule has 0 radical (unpaired) electrons. The Morgan fingerprint density at radius 2 is 1.95 bits per heavy atom. The van der Waals surface area contributed by atoms with Crippen molar-refractivity contribution in [1.29, 1.82) is 0 Å². The summed E-state index contributed by atoms with van der Waals surface area (Å²) in [5.74, 6) is -0.673. The zero-order valence-electron chi connectivity index (χ0n) is 11.9. The number of carboxylic acids is 1. The summed E-state index contributed by atoms with van der Waals surface area (Å²) in [5.41, 5.74) is 0. The lowest BCUT2D eigenvalue weighted by Gasteiger charge is -2.37. The van der Waals surface area contributed by atoms with Gasteiger partial charge < -0.3 is 20.0 Å². The number of aliphatic carboxylic acids is 1. The van der Waals surface area contributed by atoms with E-state index in [1.807, 2.05) is 13.8 Å². The molecule has 6 heteroatoms. The zero-order chi connectivity index (χ0) is 14.6. The van der Waals surface area contributed by atoms with E-state index in [9.17, 15) is 14.7 Å². The number of rotatable bonds is 6. The summed E-state index contributed by atoms with van der Waals surface area (Å²) >= 11 is 0. The molecule has 0 spiro atoms. The van der Waals surface area contributed by atoms with Crippen molar-refractivity contribution in [1.82, 2.24) is 9.80 Å². The van der Waals surface area contributed by atoms with Gasteiger partial charge in [0, 0.05) is 19.6 Å². The van der Waals surface area contributed by atoms with E-state index in [0.717, 1.165) is 19.3 Å². The van der Waals surface area contributed by atoms with Crippen molar-refractivity contribution in [2.75, 3.05) is 20.1 Å². The largest absolute Gasteiger partial charge is 0.480 e. The van der Waals surface area contributed by atoms with Gasteiger partial charge in [0.15, 0.2) is 0 Å². The molecule has 1 aliphatic rings. The van der Waals surface area contributed by atoms with Crippen LogP contribution in [0.2, 0.25) is 0 Å². The number of carbonyl (C=O) groups is 2. The molecule has 1 saturated carbocycles. The van der Waals surface area contributed by atoms with Gasteiger partial charge in [-0.25, -0.2) is 4.79 Å². The second-order valence-electron chi connectivity index (χ2n) is 5.43. The van der Waals surface area contributed by atoms with Crippen LogP contribution in [0, 0.1) is 5.92 Å². The number of carbonyl (C=O) groups excluding carboxylic acids is 1. The molecule has 0 bridgehead atoms. The van der Waals surface area contributed by atoms with Gasteiger partial charge in [0.1, 0.15) is 6.54 Å². The molecule has 0 aromatic rings. The first-order chi connectivity index (χ1) is 8.85. The highest BCUT2D eigenvalue weighted by Crippen LogP contribution is 2.27. The highest BCUT2D eigenvalue weighted by Gasteiger charge is 2.31. The molecular weight excluding hydrogens is 248 g/mol. The van der Waals surface area contributed by atoms with E-state index in [-0.39, 0.29) is 24.7 Å². The normalized spacial score (nSPS) is 23.4. The van der Waals surface area contributed by atoms with E-state index < -0.39 is 5.97 Å². The number of hydrogen-bond donors (Lipinski definition) is 2. The minimum absolute atomic E-state index is 0.0990. The summed E-state index contributed by atoms with van der Waals surface area (Å²) in [5, 5.41) is 18.1. The Bertz CT molecular complexity index is 329. The maximum atomic E-state index is 12.3. The van der Waals surface area contributed by atoms with Crippen LogP contribution in [0.25, 0.3) is 0 Å². The van der Waals surface area contributed by atoms with E-state index in [1.54, 1.807) is 11.9 Å². The van der Waals surface area contributed by atoms with E-state index in [1.165, 1.54) is 4.90 Å². The van der Waals surface area contributed by atoms with E-state index in [4.69, 9.17) is 5.11 Å². The fourth-order valence-corrected chi connectivity index (χ4v) is 2.31. The predicted octanol–water partition coefficient (Wildman–Crippen LogP) is 0.994. The molecule has 0 aliphatic heterocycles. The number of carboxylic acid groups (broad SMARTS) is 1. The summed E-state index contributed by atoms with van der Waals surface area (Å²) in [6.45, 7) is 4.07. The third-order valence-electron chi connectivity index (χ3n) is 3.74. The van der Waals surface area contributed by atoms with Crippen LogP contribution in [0.4, 0.5) is 4.79 Å². The Balaban J connectivity index is 2.56. The van der Waals surface area contributed by atoms with Gasteiger partial charge in [-0.05, 0) is 32.1 Å². The van der Waals surface area contributed by atoms with Crippen LogP contribution in [0.1, 0.15) is 33.1 Å². The number of aliphatic hydroxyl groups excluding tert-OH is 1. The first kappa shape index (κ1) is 15.8. The van der Waals surface area contributed by atoms with Crippen LogP contribution in [0.15, 0.2) is 0 Å². The van der Waals surface area contributed by atoms with Gasteiger partial charge in [-0.15, -0.1) is 0 Å². The summed E-state index contributed by atoms with van der Waals surface area (Å²) in [6.07, 6.45) is 1.92. The van der Waals surface area contributed by atoms with Crippen LogP contribution in [-0.4, -0.2) is 64.3 Å². The molecule has 1 atom stereocenters. The Morgan fingerprint density at radius 3 is 2.37 bits per heavy atom. The third-order valence-corrected chi connectivity index (χ3v) is 3.74. The molecule has 1 rings (SSSR count). The Hall–Kier alpha value is -1.30. The van der Waals surface area contributed by atoms with Gasteiger partial charge in [0.05, 0.1) is 6.10 Å². The number of amides is 2. The van der Waals surface area contributed by atoms with E-state index in [0.29, 0.717) is 12.5 Å². The monoisotopic (exact) mass is 272 g/mol. The van der Waals surface area contributed by atoms with Gasteiger partial charge in [-0.3, -0.25) is 4.79 Å². The molecule has 0 aromatic carbocycles. The standard InChI is InChI=1S/C13H24N2O4/c1-4-9(2)15(8-12(17)18)13(19)14(3)7-10-5-11(16)6-10/h9-11,16H,4-8H2,1-3H3,(H,17,18). The highest BCUT2D eigenvalue weighted by molar-refractivity contribution is 5.80. The summed E-state index contributed by atoms with van der Waals surface area (Å²) in [4.78, 5) is 26.1. The van der Waals surface area contributed by atoms with Gasteiger partial charge in [-0.1, -0.05) is 6.92 Å². The molecule has 0 saturated heterocycles. The van der Waals surface area contributed by atoms with Crippen molar-refractivity contribution in [3.8, 4) is 0 Å². The van der Waals surface area contributed by atoms with Crippen LogP contribution in [0.3, 0.4) is 0 Å². The molecule has 1 aliphatic carbocycles. The predicted molar refractivity (Wildman–Crippen MR) is 70.9 cm³/mol. The van der Waals surface area contributed by atoms with Gasteiger partial charge in [0.25, 0.3) is 0 Å².